The van der Waals surface area contributed by atoms with Gasteiger partial charge in [0.15, 0.2) is 0 Å². The van der Waals surface area contributed by atoms with Crippen molar-refractivity contribution in [3.63, 3.8) is 0 Å². The van der Waals surface area contributed by atoms with Gasteiger partial charge in [-0.2, -0.15) is 0 Å². The maximum absolute atomic E-state index is 12.4. The van der Waals surface area contributed by atoms with Crippen LogP contribution in [-0.4, -0.2) is 63.9 Å². The molecule has 1 aliphatic heterocycles. The molecule has 25 heavy (non-hydrogen) atoms. The molecule has 8 heteroatoms. The zero-order chi connectivity index (χ0) is 18.0. The van der Waals surface area contributed by atoms with E-state index < -0.39 is 11.4 Å². The summed E-state index contributed by atoms with van der Waals surface area (Å²) in [5.74, 6) is -1.23. The van der Waals surface area contributed by atoms with E-state index in [0.29, 0.717) is 44.6 Å². The molecule has 0 radical (unpaired) electrons. The van der Waals surface area contributed by atoms with E-state index >= 15 is 0 Å². The van der Waals surface area contributed by atoms with Crippen LogP contribution in [0.3, 0.4) is 0 Å². The number of amides is 2. The number of H-pyrrole nitrogens is 1. The fraction of sp³-hybridized carbons (Fsp3) is 0.529. The normalized spacial score (nSPS) is 19.2. The molecule has 0 aromatic carbocycles. The summed E-state index contributed by atoms with van der Waals surface area (Å²) in [7, 11) is 0. The third-order valence-electron chi connectivity index (χ3n) is 5.20. The molecule has 2 fully saturated rings. The second kappa shape index (κ2) is 6.70. The van der Waals surface area contributed by atoms with Crippen molar-refractivity contribution < 1.29 is 19.5 Å². The summed E-state index contributed by atoms with van der Waals surface area (Å²) >= 11 is 0. The van der Waals surface area contributed by atoms with Gasteiger partial charge in [-0.25, -0.2) is 0 Å². The molecule has 134 valence electrons. The predicted molar refractivity (Wildman–Crippen MR) is 88.1 cm³/mol. The van der Waals surface area contributed by atoms with Gasteiger partial charge in [0.1, 0.15) is 0 Å². The van der Waals surface area contributed by atoms with Gasteiger partial charge in [-0.05, 0) is 18.9 Å². The Bertz CT molecular complexity index is 724. The van der Waals surface area contributed by atoms with Gasteiger partial charge in [-0.1, -0.05) is 6.42 Å². The third kappa shape index (κ3) is 3.42. The van der Waals surface area contributed by atoms with E-state index in [4.69, 9.17) is 0 Å². The Balaban J connectivity index is 1.55. The number of carbonyl (C=O) groups is 3. The number of aliphatic carboxylic acids is 1. The fourth-order valence-electron chi connectivity index (χ4n) is 3.36. The van der Waals surface area contributed by atoms with Crippen LogP contribution in [0.1, 0.15) is 36.0 Å². The zero-order valence-electron chi connectivity index (χ0n) is 13.9. The molecule has 1 aromatic rings. The van der Waals surface area contributed by atoms with E-state index in [0.717, 1.165) is 6.42 Å². The number of hydrogen-bond donors (Lipinski definition) is 2. The number of hydrogen-bond acceptors (Lipinski definition) is 4. The van der Waals surface area contributed by atoms with Crippen molar-refractivity contribution in [2.45, 2.75) is 25.7 Å². The number of carboxylic acid groups (broad SMARTS) is 1. The van der Waals surface area contributed by atoms with Crippen molar-refractivity contribution in [2.24, 2.45) is 5.41 Å². The quantitative estimate of drug-likeness (QED) is 0.814. The van der Waals surface area contributed by atoms with Gasteiger partial charge in [-0.15, -0.1) is 0 Å². The number of piperazine rings is 1. The van der Waals surface area contributed by atoms with Crippen molar-refractivity contribution in [1.29, 1.82) is 0 Å². The molecule has 2 heterocycles. The third-order valence-corrected chi connectivity index (χ3v) is 5.20. The lowest BCUT2D eigenvalue weighted by Crippen LogP contribution is -2.52. The largest absolute Gasteiger partial charge is 0.481 e. The number of aromatic nitrogens is 1. The highest BCUT2D eigenvalue weighted by atomic mass is 16.4. The SMILES string of the molecule is O=C(CC1(C(=O)O)CCC1)N1CCN(C(=O)c2ccc(=O)[nH]c2)CC1. The molecular formula is C17H21N3O5. The van der Waals surface area contributed by atoms with E-state index in [1.54, 1.807) is 9.80 Å². The Morgan fingerprint density at radius 3 is 2.20 bits per heavy atom. The van der Waals surface area contributed by atoms with Crippen molar-refractivity contribution >= 4 is 17.8 Å². The number of nitrogens with one attached hydrogen (secondary N) is 1. The summed E-state index contributed by atoms with van der Waals surface area (Å²) in [6, 6.07) is 2.78. The first-order chi connectivity index (χ1) is 11.9. The predicted octanol–water partition coefficient (Wildman–Crippen LogP) is 0.304. The van der Waals surface area contributed by atoms with Crippen molar-refractivity contribution in [2.75, 3.05) is 26.2 Å². The average molecular weight is 347 g/mol. The molecule has 2 aliphatic rings. The first kappa shape index (κ1) is 17.2. The van der Waals surface area contributed by atoms with Gasteiger partial charge in [0.05, 0.1) is 11.0 Å². The molecule has 0 spiro atoms. The van der Waals surface area contributed by atoms with Crippen LogP contribution in [-0.2, 0) is 9.59 Å². The Morgan fingerprint density at radius 1 is 1.08 bits per heavy atom. The molecule has 3 rings (SSSR count). The van der Waals surface area contributed by atoms with Gasteiger partial charge < -0.3 is 19.9 Å². The highest BCUT2D eigenvalue weighted by Crippen LogP contribution is 2.44. The second-order valence-electron chi connectivity index (χ2n) is 6.73. The molecule has 0 unspecified atom stereocenters. The van der Waals surface area contributed by atoms with Crippen LogP contribution in [0.15, 0.2) is 23.1 Å². The molecule has 1 aromatic heterocycles. The summed E-state index contributed by atoms with van der Waals surface area (Å²) in [4.78, 5) is 53.0. The molecule has 1 saturated heterocycles. The van der Waals surface area contributed by atoms with E-state index in [-0.39, 0.29) is 23.8 Å². The first-order valence-electron chi connectivity index (χ1n) is 8.40. The molecule has 0 atom stereocenters. The Labute approximate surface area is 144 Å². The monoisotopic (exact) mass is 347 g/mol. The van der Waals surface area contributed by atoms with Gasteiger partial charge >= 0.3 is 5.97 Å². The molecule has 2 amide bonds. The summed E-state index contributed by atoms with van der Waals surface area (Å²) in [5, 5.41) is 9.34. The lowest BCUT2D eigenvalue weighted by atomic mass is 9.66. The molecule has 1 saturated carbocycles. The summed E-state index contributed by atoms with van der Waals surface area (Å²) in [6.45, 7) is 1.57. The van der Waals surface area contributed by atoms with E-state index in [2.05, 4.69) is 4.98 Å². The average Bonchev–Trinajstić information content (AvgIpc) is 2.58. The van der Waals surface area contributed by atoms with Crippen LogP contribution in [0, 0.1) is 5.41 Å². The Morgan fingerprint density at radius 2 is 1.72 bits per heavy atom. The standard InChI is InChI=1S/C17H21N3O5/c21-13-3-2-12(11-18-13)15(23)20-8-6-19(7-9-20)14(22)10-17(16(24)25)4-1-5-17/h2-3,11H,1,4-10H2,(H,18,21)(H,24,25). The number of aromatic amines is 1. The van der Waals surface area contributed by atoms with Crippen LogP contribution in [0.4, 0.5) is 0 Å². The molecule has 1 aliphatic carbocycles. The summed E-state index contributed by atoms with van der Waals surface area (Å²) in [5.41, 5.74) is -0.756. The highest BCUT2D eigenvalue weighted by Gasteiger charge is 2.46. The van der Waals surface area contributed by atoms with Gasteiger partial charge in [0, 0.05) is 44.9 Å². The van der Waals surface area contributed by atoms with Crippen LogP contribution < -0.4 is 5.56 Å². The van der Waals surface area contributed by atoms with Crippen molar-refractivity contribution in [1.82, 2.24) is 14.8 Å². The Hall–Kier alpha value is -2.64. The van der Waals surface area contributed by atoms with Crippen molar-refractivity contribution in [3.05, 3.63) is 34.2 Å². The maximum Gasteiger partial charge on any atom is 0.310 e. The lowest BCUT2D eigenvalue weighted by Gasteiger charge is -2.40. The fourth-order valence-corrected chi connectivity index (χ4v) is 3.36. The minimum Gasteiger partial charge on any atom is -0.481 e. The smallest absolute Gasteiger partial charge is 0.310 e. The van der Waals surface area contributed by atoms with Gasteiger partial charge in [-0.3, -0.25) is 19.2 Å². The van der Waals surface area contributed by atoms with Crippen LogP contribution in [0.2, 0.25) is 0 Å². The van der Waals surface area contributed by atoms with Crippen LogP contribution >= 0.6 is 0 Å². The van der Waals surface area contributed by atoms with E-state index in [9.17, 15) is 24.3 Å². The minimum atomic E-state index is -0.890. The molecule has 8 nitrogen and oxygen atoms in total. The number of pyridine rings is 1. The number of rotatable bonds is 4. The molecule has 0 bridgehead atoms. The highest BCUT2D eigenvalue weighted by molar-refractivity contribution is 5.94. The minimum absolute atomic E-state index is 0.0379. The van der Waals surface area contributed by atoms with Crippen molar-refractivity contribution in [3.8, 4) is 0 Å². The molecule has 2 N–H and O–H groups in total. The van der Waals surface area contributed by atoms with Gasteiger partial charge in [0.2, 0.25) is 11.5 Å². The molecular weight excluding hydrogens is 326 g/mol. The summed E-state index contributed by atoms with van der Waals surface area (Å²) < 4.78 is 0. The first-order valence-corrected chi connectivity index (χ1v) is 8.40. The Kier molecular flexibility index (Phi) is 4.61. The maximum atomic E-state index is 12.4. The number of carboxylic acids is 1. The number of nitrogens with zero attached hydrogens (tertiary/aromatic N) is 2. The van der Waals surface area contributed by atoms with E-state index in [1.807, 2.05) is 0 Å². The van der Waals surface area contributed by atoms with Gasteiger partial charge in [0.25, 0.3) is 5.91 Å². The topological polar surface area (TPSA) is 111 Å². The van der Waals surface area contributed by atoms with Crippen LogP contribution in [0.25, 0.3) is 0 Å². The number of carbonyl (C=O) groups excluding carboxylic acids is 2. The van der Waals surface area contributed by atoms with E-state index in [1.165, 1.54) is 18.3 Å². The van der Waals surface area contributed by atoms with Crippen LogP contribution in [0.5, 0.6) is 0 Å². The zero-order valence-corrected chi connectivity index (χ0v) is 13.9. The summed E-state index contributed by atoms with van der Waals surface area (Å²) in [6.07, 6.45) is 3.38. The second-order valence-corrected chi connectivity index (χ2v) is 6.73. The lowest BCUT2D eigenvalue weighted by molar-refractivity contribution is -0.159.